The standard InChI is InChI=1S/C14H19ClO2/c1-3-5-7-10-9-12(15)11(8-6-4-2)14(17)13(10)16/h9H,3-8H2,1-2H3. The lowest BCUT2D eigenvalue weighted by Crippen LogP contribution is -2.22. The van der Waals surface area contributed by atoms with Crippen LogP contribution in [0.25, 0.3) is 0 Å². The van der Waals surface area contributed by atoms with Crippen LogP contribution in [0.1, 0.15) is 52.4 Å². The van der Waals surface area contributed by atoms with Gasteiger partial charge in [0.15, 0.2) is 0 Å². The fraction of sp³-hybridized carbons (Fsp3) is 0.571. The Balaban J connectivity index is 2.87. The average Bonchev–Trinajstić information content (AvgIpc) is 2.32. The lowest BCUT2D eigenvalue weighted by atomic mass is 9.90. The summed E-state index contributed by atoms with van der Waals surface area (Å²) in [7, 11) is 0. The summed E-state index contributed by atoms with van der Waals surface area (Å²) in [4.78, 5) is 23.7. The van der Waals surface area contributed by atoms with E-state index in [1.165, 1.54) is 0 Å². The molecule has 0 saturated heterocycles. The highest BCUT2D eigenvalue weighted by atomic mass is 35.5. The Kier molecular flexibility index (Phi) is 5.63. The molecule has 0 unspecified atom stereocenters. The zero-order valence-corrected chi connectivity index (χ0v) is 11.3. The largest absolute Gasteiger partial charge is 0.285 e. The molecule has 0 aliphatic heterocycles. The zero-order valence-electron chi connectivity index (χ0n) is 10.5. The lowest BCUT2D eigenvalue weighted by Gasteiger charge is -2.14. The molecule has 0 spiro atoms. The molecule has 1 aliphatic carbocycles. The number of carbonyl (C=O) groups is 2. The highest BCUT2D eigenvalue weighted by Gasteiger charge is 2.28. The van der Waals surface area contributed by atoms with Crippen LogP contribution in [0.3, 0.4) is 0 Å². The van der Waals surface area contributed by atoms with E-state index in [4.69, 9.17) is 11.6 Å². The Hall–Kier alpha value is -0.890. The van der Waals surface area contributed by atoms with Gasteiger partial charge in [0, 0.05) is 16.2 Å². The van der Waals surface area contributed by atoms with Crippen LogP contribution in [0.2, 0.25) is 0 Å². The number of carbonyl (C=O) groups excluding carboxylic acids is 2. The molecule has 0 amide bonds. The second-order valence-corrected chi connectivity index (χ2v) is 4.77. The fourth-order valence-electron chi connectivity index (χ4n) is 1.84. The van der Waals surface area contributed by atoms with Gasteiger partial charge in [-0.2, -0.15) is 0 Å². The molecule has 0 heterocycles. The van der Waals surface area contributed by atoms with Gasteiger partial charge < -0.3 is 0 Å². The SMILES string of the molecule is CCCCC1=CC(Cl)=C(CCCC)C(=O)C1=O. The Labute approximate surface area is 108 Å². The monoisotopic (exact) mass is 254 g/mol. The van der Waals surface area contributed by atoms with Crippen LogP contribution in [-0.2, 0) is 9.59 Å². The van der Waals surface area contributed by atoms with Crippen molar-refractivity contribution in [2.45, 2.75) is 52.4 Å². The maximum absolute atomic E-state index is 11.9. The first-order chi connectivity index (χ1) is 8.11. The van der Waals surface area contributed by atoms with E-state index in [1.807, 2.05) is 6.92 Å². The van der Waals surface area contributed by atoms with E-state index < -0.39 is 5.78 Å². The van der Waals surface area contributed by atoms with E-state index in [-0.39, 0.29) is 5.78 Å². The first-order valence-electron chi connectivity index (χ1n) is 6.30. The number of halogens is 1. The first-order valence-corrected chi connectivity index (χ1v) is 6.67. The zero-order chi connectivity index (χ0) is 12.8. The molecule has 0 saturated carbocycles. The van der Waals surface area contributed by atoms with Gasteiger partial charge in [-0.15, -0.1) is 0 Å². The molecule has 17 heavy (non-hydrogen) atoms. The summed E-state index contributed by atoms with van der Waals surface area (Å²) < 4.78 is 0. The second-order valence-electron chi connectivity index (χ2n) is 4.36. The van der Waals surface area contributed by atoms with Crippen LogP contribution < -0.4 is 0 Å². The van der Waals surface area contributed by atoms with Crippen LogP contribution in [0.5, 0.6) is 0 Å². The van der Waals surface area contributed by atoms with Crippen LogP contribution in [0.15, 0.2) is 22.3 Å². The Morgan fingerprint density at radius 2 is 1.59 bits per heavy atom. The molecule has 0 fully saturated rings. The van der Waals surface area contributed by atoms with Crippen molar-refractivity contribution in [3.05, 3.63) is 22.3 Å². The summed E-state index contributed by atoms with van der Waals surface area (Å²) in [5.74, 6) is -0.744. The van der Waals surface area contributed by atoms with Gasteiger partial charge in [0.1, 0.15) is 0 Å². The molecule has 1 rings (SSSR count). The predicted molar refractivity (Wildman–Crippen MR) is 70.0 cm³/mol. The Morgan fingerprint density at radius 1 is 1.00 bits per heavy atom. The molecule has 0 bridgehead atoms. The van der Waals surface area contributed by atoms with E-state index >= 15 is 0 Å². The topological polar surface area (TPSA) is 34.1 Å². The Bertz CT molecular complexity index is 378. The van der Waals surface area contributed by atoms with Crippen LogP contribution in [0, 0.1) is 0 Å². The summed E-state index contributed by atoms with van der Waals surface area (Å²) in [6.45, 7) is 4.10. The van der Waals surface area contributed by atoms with Crippen molar-refractivity contribution in [2.24, 2.45) is 0 Å². The quantitative estimate of drug-likeness (QED) is 0.532. The number of allylic oxidation sites excluding steroid dienone is 4. The molecule has 0 atom stereocenters. The fourth-order valence-corrected chi connectivity index (χ4v) is 2.15. The summed E-state index contributed by atoms with van der Waals surface area (Å²) >= 11 is 6.08. The van der Waals surface area contributed by atoms with Gasteiger partial charge in [0.25, 0.3) is 0 Å². The molecule has 0 radical (unpaired) electrons. The van der Waals surface area contributed by atoms with E-state index in [1.54, 1.807) is 6.08 Å². The van der Waals surface area contributed by atoms with Gasteiger partial charge in [0.2, 0.25) is 11.6 Å². The first kappa shape index (κ1) is 14.2. The van der Waals surface area contributed by atoms with Gasteiger partial charge in [0.05, 0.1) is 0 Å². The van der Waals surface area contributed by atoms with E-state index in [2.05, 4.69) is 6.92 Å². The highest BCUT2D eigenvalue weighted by Crippen LogP contribution is 2.27. The third-order valence-corrected chi connectivity index (χ3v) is 3.28. The molecule has 0 N–H and O–H groups in total. The molecule has 0 aromatic heterocycles. The van der Waals surface area contributed by atoms with Crippen molar-refractivity contribution in [1.82, 2.24) is 0 Å². The average molecular weight is 255 g/mol. The van der Waals surface area contributed by atoms with Crippen LogP contribution in [0.4, 0.5) is 0 Å². The van der Waals surface area contributed by atoms with Crippen molar-refractivity contribution >= 4 is 23.2 Å². The summed E-state index contributed by atoms with van der Waals surface area (Å²) in [5.41, 5.74) is 1.07. The maximum Gasteiger partial charge on any atom is 0.230 e. The van der Waals surface area contributed by atoms with Crippen molar-refractivity contribution < 1.29 is 9.59 Å². The van der Waals surface area contributed by atoms with Crippen molar-refractivity contribution in [1.29, 1.82) is 0 Å². The highest BCUT2D eigenvalue weighted by molar-refractivity contribution is 6.53. The number of unbranched alkanes of at least 4 members (excludes halogenated alkanes) is 2. The van der Waals surface area contributed by atoms with E-state index in [0.717, 1.165) is 25.7 Å². The number of ketones is 2. The molecule has 3 heteroatoms. The second kappa shape index (κ2) is 6.75. The van der Waals surface area contributed by atoms with Crippen molar-refractivity contribution in [2.75, 3.05) is 0 Å². The minimum Gasteiger partial charge on any atom is -0.285 e. The number of rotatable bonds is 6. The minimum absolute atomic E-state index is 0.353. The smallest absolute Gasteiger partial charge is 0.230 e. The van der Waals surface area contributed by atoms with Gasteiger partial charge in [-0.05, 0) is 31.8 Å². The molecular weight excluding hydrogens is 236 g/mol. The van der Waals surface area contributed by atoms with Gasteiger partial charge in [-0.1, -0.05) is 38.3 Å². The van der Waals surface area contributed by atoms with E-state index in [9.17, 15) is 9.59 Å². The van der Waals surface area contributed by atoms with Crippen molar-refractivity contribution in [3.63, 3.8) is 0 Å². The van der Waals surface area contributed by atoms with Gasteiger partial charge in [-0.25, -0.2) is 0 Å². The molecule has 0 aromatic rings. The Morgan fingerprint density at radius 3 is 2.18 bits per heavy atom. The third-order valence-electron chi connectivity index (χ3n) is 2.94. The van der Waals surface area contributed by atoms with Gasteiger partial charge in [-0.3, -0.25) is 9.59 Å². The van der Waals surface area contributed by atoms with Crippen molar-refractivity contribution in [3.8, 4) is 0 Å². The summed E-state index contributed by atoms with van der Waals surface area (Å²) in [6, 6.07) is 0. The predicted octanol–water partition coefficient (Wildman–Crippen LogP) is 3.94. The minimum atomic E-state index is -0.392. The van der Waals surface area contributed by atoms with E-state index in [0.29, 0.717) is 29.0 Å². The summed E-state index contributed by atoms with van der Waals surface area (Å²) in [6.07, 6.45) is 6.74. The third kappa shape index (κ3) is 3.53. The van der Waals surface area contributed by atoms with Crippen LogP contribution >= 0.6 is 11.6 Å². The molecule has 1 aliphatic rings. The number of Topliss-reactive ketones (excluding diaryl/α,β-unsaturated/α-hetero) is 2. The molecule has 2 nitrogen and oxygen atoms in total. The van der Waals surface area contributed by atoms with Crippen LogP contribution in [-0.4, -0.2) is 11.6 Å². The number of hydrogen-bond donors (Lipinski definition) is 0. The molecular formula is C14H19ClO2. The maximum atomic E-state index is 11.9. The summed E-state index contributed by atoms with van der Waals surface area (Å²) in [5, 5.41) is 0.467. The molecule has 94 valence electrons. The normalized spacial score (nSPS) is 16.5. The lowest BCUT2D eigenvalue weighted by molar-refractivity contribution is -0.132. The number of hydrogen-bond acceptors (Lipinski definition) is 2. The molecule has 0 aromatic carbocycles. The van der Waals surface area contributed by atoms with Gasteiger partial charge >= 0.3 is 0 Å².